The second kappa shape index (κ2) is 5.73. The van der Waals surface area contributed by atoms with Crippen LogP contribution in [0.4, 0.5) is 10.8 Å². The molecule has 6 nitrogen and oxygen atoms in total. The van der Waals surface area contributed by atoms with Gasteiger partial charge in [-0.05, 0) is 39.8 Å². The zero-order valence-corrected chi connectivity index (χ0v) is 12.7. The molecule has 0 spiro atoms. The molecule has 2 rings (SSSR count). The summed E-state index contributed by atoms with van der Waals surface area (Å²) >= 11 is 0. The summed E-state index contributed by atoms with van der Waals surface area (Å²) < 4.78 is 10.9. The number of carbonyl (C=O) groups excluding carboxylic acids is 1. The second-order valence-electron chi connectivity index (χ2n) is 5.85. The Bertz CT molecular complexity index is 597. The summed E-state index contributed by atoms with van der Waals surface area (Å²) in [5.74, 6) is 0. The Balaban J connectivity index is 2.37. The van der Waals surface area contributed by atoms with Gasteiger partial charge in [0.15, 0.2) is 5.58 Å². The summed E-state index contributed by atoms with van der Waals surface area (Å²) in [4.78, 5) is 17.8. The average Bonchev–Trinajstić information content (AvgIpc) is 2.79. The minimum absolute atomic E-state index is 0.118. The van der Waals surface area contributed by atoms with E-state index in [1.165, 1.54) is 4.90 Å². The molecule has 0 saturated carbocycles. The Morgan fingerprint density at radius 2 is 2.10 bits per heavy atom. The van der Waals surface area contributed by atoms with E-state index in [1.807, 2.05) is 12.1 Å². The van der Waals surface area contributed by atoms with Gasteiger partial charge in [-0.2, -0.15) is 4.98 Å². The summed E-state index contributed by atoms with van der Waals surface area (Å²) in [6, 6.07) is 6.83. The van der Waals surface area contributed by atoms with Crippen molar-refractivity contribution in [2.24, 2.45) is 0 Å². The van der Waals surface area contributed by atoms with Crippen LogP contribution in [-0.4, -0.2) is 34.4 Å². The van der Waals surface area contributed by atoms with E-state index in [1.54, 1.807) is 39.8 Å². The van der Waals surface area contributed by atoms with E-state index >= 15 is 0 Å². The molecule has 21 heavy (non-hydrogen) atoms. The SMILES string of the molecule is C[C@@H](CO)N(C(=O)OC(C)(C)C)c1nc2ccccc2o1. The Hall–Kier alpha value is -2.08. The van der Waals surface area contributed by atoms with Crippen LogP contribution in [-0.2, 0) is 4.74 Å². The number of hydrogen-bond acceptors (Lipinski definition) is 5. The lowest BCUT2D eigenvalue weighted by Gasteiger charge is -2.28. The smallest absolute Gasteiger partial charge is 0.418 e. The number of aliphatic hydroxyl groups excluding tert-OH is 1. The zero-order valence-electron chi connectivity index (χ0n) is 12.7. The van der Waals surface area contributed by atoms with Crippen LogP contribution in [0.2, 0.25) is 0 Å². The van der Waals surface area contributed by atoms with Crippen molar-refractivity contribution in [3.05, 3.63) is 24.3 Å². The Kier molecular flexibility index (Phi) is 4.18. The largest absolute Gasteiger partial charge is 0.443 e. The molecule has 6 heteroatoms. The first-order valence-electron chi connectivity index (χ1n) is 6.80. The van der Waals surface area contributed by atoms with Crippen molar-refractivity contribution >= 4 is 23.2 Å². The van der Waals surface area contributed by atoms with Gasteiger partial charge in [0, 0.05) is 0 Å². The lowest BCUT2D eigenvalue weighted by Crippen LogP contribution is -2.44. The number of amides is 1. The van der Waals surface area contributed by atoms with Crippen LogP contribution < -0.4 is 4.90 Å². The third-order valence-electron chi connectivity index (χ3n) is 2.78. The van der Waals surface area contributed by atoms with Gasteiger partial charge in [0.25, 0.3) is 0 Å². The normalized spacial score (nSPS) is 13.2. The van der Waals surface area contributed by atoms with Gasteiger partial charge in [-0.15, -0.1) is 0 Å². The molecule has 0 saturated heterocycles. The fourth-order valence-electron chi connectivity index (χ4n) is 1.80. The molecular formula is C15H20N2O4. The highest BCUT2D eigenvalue weighted by molar-refractivity contribution is 5.87. The van der Waals surface area contributed by atoms with Crippen LogP contribution in [0.5, 0.6) is 0 Å². The molecule has 0 radical (unpaired) electrons. The summed E-state index contributed by atoms with van der Waals surface area (Å²) in [5, 5.41) is 9.37. The van der Waals surface area contributed by atoms with Gasteiger partial charge in [0.2, 0.25) is 0 Å². The first-order chi connectivity index (χ1) is 9.81. The van der Waals surface area contributed by atoms with E-state index in [2.05, 4.69) is 4.98 Å². The standard InChI is InChI=1S/C15H20N2O4/c1-10(9-18)17(14(19)21-15(2,3)4)13-16-11-7-5-6-8-12(11)20-13/h5-8,10,18H,9H2,1-4H3/t10-/m0/s1. The van der Waals surface area contributed by atoms with Crippen LogP contribution >= 0.6 is 0 Å². The zero-order chi connectivity index (χ0) is 15.6. The van der Waals surface area contributed by atoms with Crippen LogP contribution in [0.25, 0.3) is 11.1 Å². The van der Waals surface area contributed by atoms with Gasteiger partial charge in [0.05, 0.1) is 12.6 Å². The van der Waals surface area contributed by atoms with Crippen molar-refractivity contribution in [1.29, 1.82) is 0 Å². The van der Waals surface area contributed by atoms with Gasteiger partial charge in [-0.3, -0.25) is 0 Å². The van der Waals surface area contributed by atoms with Gasteiger partial charge in [0.1, 0.15) is 11.1 Å². The number of para-hydroxylation sites is 2. The van der Waals surface area contributed by atoms with Crippen molar-refractivity contribution in [2.75, 3.05) is 11.5 Å². The van der Waals surface area contributed by atoms with Crippen LogP contribution in [0.3, 0.4) is 0 Å². The predicted molar refractivity (Wildman–Crippen MR) is 79.3 cm³/mol. The van der Waals surface area contributed by atoms with Gasteiger partial charge < -0.3 is 14.3 Å². The monoisotopic (exact) mass is 292 g/mol. The average molecular weight is 292 g/mol. The Morgan fingerprint density at radius 1 is 1.43 bits per heavy atom. The molecule has 1 aromatic heterocycles. The van der Waals surface area contributed by atoms with Crippen molar-refractivity contribution < 1.29 is 19.1 Å². The first-order valence-corrected chi connectivity index (χ1v) is 6.80. The number of ether oxygens (including phenoxy) is 1. The Labute approximate surface area is 123 Å². The number of rotatable bonds is 3. The van der Waals surface area contributed by atoms with Crippen LogP contribution in [0.1, 0.15) is 27.7 Å². The molecule has 0 fully saturated rings. The predicted octanol–water partition coefficient (Wildman–Crippen LogP) is 2.95. The van der Waals surface area contributed by atoms with Gasteiger partial charge in [-0.1, -0.05) is 12.1 Å². The molecule has 0 aliphatic carbocycles. The number of carbonyl (C=O) groups is 1. The summed E-state index contributed by atoms with van der Waals surface area (Å²) in [6.07, 6.45) is -0.601. The minimum Gasteiger partial charge on any atom is -0.443 e. The maximum Gasteiger partial charge on any atom is 0.418 e. The van der Waals surface area contributed by atoms with Crippen molar-refractivity contribution in [3.63, 3.8) is 0 Å². The third-order valence-corrected chi connectivity index (χ3v) is 2.78. The summed E-state index contributed by atoms with van der Waals surface area (Å²) in [7, 11) is 0. The topological polar surface area (TPSA) is 75.8 Å². The molecule has 0 aliphatic rings. The van der Waals surface area contributed by atoms with Gasteiger partial charge in [-0.25, -0.2) is 9.69 Å². The molecule has 0 bridgehead atoms. The number of aliphatic hydroxyl groups is 1. The number of hydrogen-bond donors (Lipinski definition) is 1. The van der Waals surface area contributed by atoms with E-state index in [0.717, 1.165) is 0 Å². The summed E-state index contributed by atoms with van der Waals surface area (Å²) in [5.41, 5.74) is 0.577. The lowest BCUT2D eigenvalue weighted by atomic mass is 10.2. The molecule has 0 unspecified atom stereocenters. The Morgan fingerprint density at radius 3 is 2.67 bits per heavy atom. The van der Waals surface area contributed by atoms with E-state index in [4.69, 9.17) is 9.15 Å². The third kappa shape index (κ3) is 3.52. The molecule has 1 amide bonds. The highest BCUT2D eigenvalue weighted by Crippen LogP contribution is 2.25. The van der Waals surface area contributed by atoms with Crippen molar-refractivity contribution in [2.45, 2.75) is 39.3 Å². The van der Waals surface area contributed by atoms with Crippen LogP contribution in [0, 0.1) is 0 Å². The fraction of sp³-hybridized carbons (Fsp3) is 0.467. The van der Waals surface area contributed by atoms with E-state index < -0.39 is 17.7 Å². The van der Waals surface area contributed by atoms with E-state index in [9.17, 15) is 9.90 Å². The van der Waals surface area contributed by atoms with Crippen molar-refractivity contribution in [1.82, 2.24) is 4.98 Å². The quantitative estimate of drug-likeness (QED) is 0.941. The molecule has 1 atom stereocenters. The number of nitrogens with zero attached hydrogens (tertiary/aromatic N) is 2. The highest BCUT2D eigenvalue weighted by Gasteiger charge is 2.30. The fourth-order valence-corrected chi connectivity index (χ4v) is 1.80. The molecule has 2 aromatic rings. The second-order valence-corrected chi connectivity index (χ2v) is 5.85. The lowest BCUT2D eigenvalue weighted by molar-refractivity contribution is 0.0546. The molecule has 1 N–H and O–H groups in total. The number of aromatic nitrogens is 1. The molecule has 1 heterocycles. The number of benzene rings is 1. The highest BCUT2D eigenvalue weighted by atomic mass is 16.6. The number of fused-ring (bicyclic) bond motifs is 1. The molecular weight excluding hydrogens is 272 g/mol. The number of anilines is 1. The summed E-state index contributed by atoms with van der Waals surface area (Å²) in [6.45, 7) is 6.80. The van der Waals surface area contributed by atoms with Gasteiger partial charge >= 0.3 is 12.1 Å². The maximum absolute atomic E-state index is 12.3. The number of oxazole rings is 1. The van der Waals surface area contributed by atoms with Crippen molar-refractivity contribution in [3.8, 4) is 0 Å². The molecule has 114 valence electrons. The van der Waals surface area contributed by atoms with E-state index in [0.29, 0.717) is 11.1 Å². The first kappa shape index (κ1) is 15.3. The minimum atomic E-state index is -0.642. The molecule has 0 aliphatic heterocycles. The van der Waals surface area contributed by atoms with E-state index in [-0.39, 0.29) is 12.6 Å². The maximum atomic E-state index is 12.3. The van der Waals surface area contributed by atoms with Crippen LogP contribution in [0.15, 0.2) is 28.7 Å². The molecule has 1 aromatic carbocycles.